The summed E-state index contributed by atoms with van der Waals surface area (Å²) in [5.74, 6) is 0.836. The molecule has 0 aliphatic carbocycles. The molecule has 2 rings (SSSR count). The third-order valence-corrected chi connectivity index (χ3v) is 4.71. The van der Waals surface area contributed by atoms with Crippen LogP contribution in [-0.2, 0) is 0 Å². The van der Waals surface area contributed by atoms with Crippen molar-refractivity contribution in [1.82, 2.24) is 0 Å². The van der Waals surface area contributed by atoms with Crippen LogP contribution in [-0.4, -0.2) is 18.6 Å². The van der Waals surface area contributed by atoms with Crippen LogP contribution >= 0.6 is 45.9 Å². The molecule has 0 unspecified atom stereocenters. The van der Waals surface area contributed by atoms with E-state index in [9.17, 15) is 4.79 Å². The maximum absolute atomic E-state index is 11.4. The molecular weight excluding hydrogens is 305 g/mol. The summed E-state index contributed by atoms with van der Waals surface area (Å²) in [6.07, 6.45) is 0. The first-order valence-corrected chi connectivity index (χ1v) is 6.21. The van der Waals surface area contributed by atoms with E-state index in [2.05, 4.69) is 26.9 Å². The number of carbonyl (C=O) groups is 1. The van der Waals surface area contributed by atoms with E-state index in [-0.39, 0.29) is 5.78 Å². The molecule has 64 valence electrons. The van der Waals surface area contributed by atoms with Crippen molar-refractivity contribution in [3.8, 4) is 0 Å². The molecule has 2 heterocycles. The summed E-state index contributed by atoms with van der Waals surface area (Å²) in [5.41, 5.74) is 0.894. The molecule has 12 heavy (non-hydrogen) atoms. The number of hydrogen-bond donors (Lipinski definition) is 0. The second kappa shape index (κ2) is 3.19. The number of Topliss-reactive ketones (excluding diaryl/α,β-unsaturated/α-hetero) is 1. The van der Waals surface area contributed by atoms with Crippen LogP contribution in [0.3, 0.4) is 0 Å². The quantitative estimate of drug-likeness (QED) is 0.543. The Morgan fingerprint density at radius 1 is 1.67 bits per heavy atom. The number of ketones is 1. The molecule has 0 fully saturated rings. The van der Waals surface area contributed by atoms with Gasteiger partial charge in [-0.25, -0.2) is 0 Å². The van der Waals surface area contributed by atoms with Crippen LogP contribution in [0.5, 0.6) is 0 Å². The molecule has 0 spiro atoms. The molecule has 1 aromatic heterocycles. The summed E-state index contributed by atoms with van der Waals surface area (Å²) in [5, 5.41) is 1.10. The highest BCUT2D eigenvalue weighted by molar-refractivity contribution is 14.1. The molecule has 0 atom stereocenters. The van der Waals surface area contributed by atoms with Gasteiger partial charge < -0.3 is 4.31 Å². The first-order chi connectivity index (χ1) is 5.68. The molecule has 2 nitrogen and oxygen atoms in total. The number of halogens is 1. The van der Waals surface area contributed by atoms with Gasteiger partial charge in [0.1, 0.15) is 5.00 Å². The highest BCUT2D eigenvalue weighted by Gasteiger charge is 2.23. The van der Waals surface area contributed by atoms with E-state index >= 15 is 0 Å². The number of anilines is 1. The van der Waals surface area contributed by atoms with Crippen molar-refractivity contribution in [3.63, 3.8) is 0 Å². The SMILES string of the molecule is CN1SCC(=O)c2cc(I)sc21. The third-order valence-electron chi connectivity index (χ3n) is 1.66. The van der Waals surface area contributed by atoms with Crippen molar-refractivity contribution >= 4 is 56.7 Å². The summed E-state index contributed by atoms with van der Waals surface area (Å²) in [4.78, 5) is 11.4. The van der Waals surface area contributed by atoms with Crippen molar-refractivity contribution in [1.29, 1.82) is 0 Å². The fraction of sp³-hybridized carbons (Fsp3) is 0.286. The predicted molar refractivity (Wildman–Crippen MR) is 62.2 cm³/mol. The minimum Gasteiger partial charge on any atom is -0.310 e. The Kier molecular flexibility index (Phi) is 2.35. The van der Waals surface area contributed by atoms with Crippen molar-refractivity contribution in [2.75, 3.05) is 17.1 Å². The smallest absolute Gasteiger partial charge is 0.177 e. The highest BCUT2D eigenvalue weighted by atomic mass is 127. The first kappa shape index (κ1) is 8.83. The molecule has 5 heteroatoms. The van der Waals surface area contributed by atoms with Gasteiger partial charge in [-0.1, -0.05) is 0 Å². The largest absolute Gasteiger partial charge is 0.310 e. The van der Waals surface area contributed by atoms with Gasteiger partial charge in [0.2, 0.25) is 0 Å². The topological polar surface area (TPSA) is 20.3 Å². The second-order valence-corrected chi connectivity index (χ2v) is 6.48. The Bertz CT molecular complexity index is 336. The normalized spacial score (nSPS) is 16.5. The average Bonchev–Trinajstić information content (AvgIpc) is 2.41. The zero-order valence-electron chi connectivity index (χ0n) is 6.33. The first-order valence-electron chi connectivity index (χ1n) is 3.37. The summed E-state index contributed by atoms with van der Waals surface area (Å²) < 4.78 is 3.25. The maximum Gasteiger partial charge on any atom is 0.177 e. The van der Waals surface area contributed by atoms with Gasteiger partial charge in [0.15, 0.2) is 5.78 Å². The Balaban J connectivity index is 2.54. The number of hydrogen-bond acceptors (Lipinski definition) is 4. The zero-order valence-corrected chi connectivity index (χ0v) is 10.1. The van der Waals surface area contributed by atoms with Gasteiger partial charge in [-0.05, 0) is 40.6 Å². The van der Waals surface area contributed by atoms with E-state index in [0.717, 1.165) is 10.6 Å². The van der Waals surface area contributed by atoms with E-state index in [1.807, 2.05) is 13.1 Å². The molecule has 0 radical (unpaired) electrons. The maximum atomic E-state index is 11.4. The summed E-state index contributed by atoms with van der Waals surface area (Å²) in [7, 11) is 2.00. The monoisotopic (exact) mass is 311 g/mol. The molecule has 0 saturated carbocycles. The fourth-order valence-electron chi connectivity index (χ4n) is 1.08. The van der Waals surface area contributed by atoms with Crippen molar-refractivity contribution in [3.05, 3.63) is 14.5 Å². The van der Waals surface area contributed by atoms with Crippen LogP contribution in [0.25, 0.3) is 0 Å². The van der Waals surface area contributed by atoms with E-state index in [0.29, 0.717) is 5.75 Å². The minimum atomic E-state index is 0.257. The van der Waals surface area contributed by atoms with Gasteiger partial charge in [-0.15, -0.1) is 11.3 Å². The van der Waals surface area contributed by atoms with Crippen LogP contribution in [0, 0.1) is 2.88 Å². The summed E-state index contributed by atoms with van der Waals surface area (Å²) in [6, 6.07) is 1.97. The molecule has 0 saturated heterocycles. The Labute approximate surface area is 92.6 Å². The lowest BCUT2D eigenvalue weighted by atomic mass is 10.2. The molecule has 0 aromatic carbocycles. The molecule has 0 bridgehead atoms. The second-order valence-electron chi connectivity index (χ2n) is 2.46. The molecule has 0 N–H and O–H groups in total. The van der Waals surface area contributed by atoms with E-state index in [1.165, 1.54) is 2.88 Å². The van der Waals surface area contributed by atoms with Gasteiger partial charge in [0, 0.05) is 7.05 Å². The molecule has 1 aliphatic rings. The molecular formula is C7H6INOS2. The molecule has 0 amide bonds. The number of rotatable bonds is 0. The van der Waals surface area contributed by atoms with Gasteiger partial charge in [-0.2, -0.15) is 0 Å². The van der Waals surface area contributed by atoms with E-state index in [1.54, 1.807) is 23.3 Å². The Morgan fingerprint density at radius 3 is 3.08 bits per heavy atom. The van der Waals surface area contributed by atoms with Crippen LogP contribution in [0.4, 0.5) is 5.00 Å². The lowest BCUT2D eigenvalue weighted by Crippen LogP contribution is -2.19. The third kappa shape index (κ3) is 1.38. The lowest BCUT2D eigenvalue weighted by Gasteiger charge is -2.21. The van der Waals surface area contributed by atoms with Crippen LogP contribution < -0.4 is 4.31 Å². The van der Waals surface area contributed by atoms with Gasteiger partial charge in [0.05, 0.1) is 14.2 Å². The van der Waals surface area contributed by atoms with E-state index in [4.69, 9.17) is 0 Å². The lowest BCUT2D eigenvalue weighted by molar-refractivity contribution is 0.102. The van der Waals surface area contributed by atoms with Gasteiger partial charge in [-0.3, -0.25) is 4.79 Å². The van der Waals surface area contributed by atoms with Crippen LogP contribution in [0.15, 0.2) is 6.07 Å². The number of thiophene rings is 1. The number of nitrogens with zero attached hydrogens (tertiary/aromatic N) is 1. The molecule has 1 aliphatic heterocycles. The number of fused-ring (bicyclic) bond motifs is 1. The molecule has 1 aromatic rings. The average molecular weight is 311 g/mol. The Hall–Kier alpha value is 0.250. The number of carbonyl (C=O) groups excluding carboxylic acids is 1. The minimum absolute atomic E-state index is 0.257. The standard InChI is InChI=1S/C7H6INOS2/c1-9-7-4(2-6(8)12-7)5(10)3-11-9/h2H,3H2,1H3. The van der Waals surface area contributed by atoms with E-state index < -0.39 is 0 Å². The van der Waals surface area contributed by atoms with Gasteiger partial charge in [0.25, 0.3) is 0 Å². The van der Waals surface area contributed by atoms with Crippen molar-refractivity contribution < 1.29 is 4.79 Å². The Morgan fingerprint density at radius 2 is 2.42 bits per heavy atom. The van der Waals surface area contributed by atoms with Crippen molar-refractivity contribution in [2.24, 2.45) is 0 Å². The van der Waals surface area contributed by atoms with Crippen molar-refractivity contribution in [2.45, 2.75) is 0 Å². The summed E-state index contributed by atoms with van der Waals surface area (Å²) >= 11 is 5.50. The summed E-state index contributed by atoms with van der Waals surface area (Å²) in [6.45, 7) is 0. The highest BCUT2D eigenvalue weighted by Crippen LogP contribution is 2.38. The predicted octanol–water partition coefficient (Wildman–Crippen LogP) is 2.63. The van der Waals surface area contributed by atoms with Crippen LogP contribution in [0.2, 0.25) is 0 Å². The van der Waals surface area contributed by atoms with Crippen LogP contribution in [0.1, 0.15) is 10.4 Å². The fourth-order valence-corrected chi connectivity index (χ4v) is 3.74. The zero-order chi connectivity index (χ0) is 8.72. The van der Waals surface area contributed by atoms with Gasteiger partial charge >= 0.3 is 0 Å².